The average molecular weight is 241 g/mol. The molecule has 1 aliphatic heterocycles. The number of nitrogens with zero attached hydrogens (tertiary/aromatic N) is 1. The lowest BCUT2D eigenvalue weighted by Crippen LogP contribution is -2.46. The summed E-state index contributed by atoms with van der Waals surface area (Å²) >= 11 is 0. The number of carbonyl (C=O) groups excluding carboxylic acids is 2. The van der Waals surface area contributed by atoms with Gasteiger partial charge in [0.2, 0.25) is 11.8 Å². The van der Waals surface area contributed by atoms with Crippen molar-refractivity contribution in [1.29, 1.82) is 0 Å². The third kappa shape index (κ3) is 4.00. The standard InChI is InChI=1S/C12H23N3O2/c1-3-5-10(13)12(17)14-9-6-7-15(8-9)11(16)4-2/h9-10H,3-8,13H2,1-2H3,(H,14,17). The second kappa shape index (κ2) is 6.59. The van der Waals surface area contributed by atoms with Crippen LogP contribution in [0.25, 0.3) is 0 Å². The van der Waals surface area contributed by atoms with E-state index in [-0.39, 0.29) is 17.9 Å². The summed E-state index contributed by atoms with van der Waals surface area (Å²) in [5, 5.41) is 2.91. The van der Waals surface area contributed by atoms with Gasteiger partial charge in [-0.1, -0.05) is 20.3 Å². The van der Waals surface area contributed by atoms with Crippen molar-refractivity contribution in [3.05, 3.63) is 0 Å². The van der Waals surface area contributed by atoms with Crippen LogP contribution in [0.4, 0.5) is 0 Å². The number of rotatable bonds is 5. The predicted molar refractivity (Wildman–Crippen MR) is 66.3 cm³/mol. The number of carbonyl (C=O) groups is 2. The lowest BCUT2D eigenvalue weighted by atomic mass is 10.1. The van der Waals surface area contributed by atoms with Crippen LogP contribution < -0.4 is 11.1 Å². The second-order valence-corrected chi connectivity index (χ2v) is 4.58. The van der Waals surface area contributed by atoms with Crippen molar-refractivity contribution < 1.29 is 9.59 Å². The summed E-state index contributed by atoms with van der Waals surface area (Å²) in [7, 11) is 0. The molecule has 5 nitrogen and oxygen atoms in total. The number of hydrogen-bond acceptors (Lipinski definition) is 3. The largest absolute Gasteiger partial charge is 0.350 e. The van der Waals surface area contributed by atoms with Gasteiger partial charge in [-0.15, -0.1) is 0 Å². The summed E-state index contributed by atoms with van der Waals surface area (Å²) in [5.74, 6) is 0.0576. The molecule has 2 atom stereocenters. The van der Waals surface area contributed by atoms with Gasteiger partial charge in [0.1, 0.15) is 0 Å². The lowest BCUT2D eigenvalue weighted by molar-refractivity contribution is -0.130. The third-order valence-electron chi connectivity index (χ3n) is 3.13. The van der Waals surface area contributed by atoms with Crippen LogP contribution in [0, 0.1) is 0 Å². The van der Waals surface area contributed by atoms with Crippen molar-refractivity contribution in [1.82, 2.24) is 10.2 Å². The molecule has 2 unspecified atom stereocenters. The molecular formula is C12H23N3O2. The van der Waals surface area contributed by atoms with Gasteiger partial charge >= 0.3 is 0 Å². The maximum absolute atomic E-state index is 11.7. The summed E-state index contributed by atoms with van der Waals surface area (Å²) in [6.45, 7) is 5.22. The highest BCUT2D eigenvalue weighted by Gasteiger charge is 2.27. The molecule has 5 heteroatoms. The minimum absolute atomic E-state index is 0.0703. The molecule has 1 rings (SSSR count). The molecule has 0 spiro atoms. The van der Waals surface area contributed by atoms with Crippen molar-refractivity contribution in [3.8, 4) is 0 Å². The number of likely N-dealkylation sites (tertiary alicyclic amines) is 1. The monoisotopic (exact) mass is 241 g/mol. The van der Waals surface area contributed by atoms with Crippen LogP contribution in [0.2, 0.25) is 0 Å². The molecule has 3 N–H and O–H groups in total. The van der Waals surface area contributed by atoms with Crippen LogP contribution in [-0.4, -0.2) is 41.9 Å². The Balaban J connectivity index is 2.35. The highest BCUT2D eigenvalue weighted by molar-refractivity contribution is 5.82. The fourth-order valence-electron chi connectivity index (χ4n) is 2.08. The quantitative estimate of drug-likeness (QED) is 0.724. The molecule has 1 heterocycles. The maximum atomic E-state index is 11.7. The number of hydrogen-bond donors (Lipinski definition) is 2. The summed E-state index contributed by atoms with van der Waals surface area (Å²) < 4.78 is 0. The van der Waals surface area contributed by atoms with Gasteiger partial charge in [-0.3, -0.25) is 9.59 Å². The zero-order chi connectivity index (χ0) is 12.8. The molecule has 0 radical (unpaired) electrons. The van der Waals surface area contributed by atoms with Crippen LogP contribution in [0.3, 0.4) is 0 Å². The highest BCUT2D eigenvalue weighted by atomic mass is 16.2. The van der Waals surface area contributed by atoms with Crippen LogP contribution in [0.15, 0.2) is 0 Å². The molecule has 1 fully saturated rings. The predicted octanol–water partition coefficient (Wildman–Crippen LogP) is 0.241. The zero-order valence-electron chi connectivity index (χ0n) is 10.7. The van der Waals surface area contributed by atoms with Gasteiger partial charge in [-0.2, -0.15) is 0 Å². The lowest BCUT2D eigenvalue weighted by Gasteiger charge is -2.18. The molecule has 98 valence electrons. The van der Waals surface area contributed by atoms with Crippen LogP contribution in [0.5, 0.6) is 0 Å². The van der Waals surface area contributed by atoms with E-state index in [2.05, 4.69) is 5.32 Å². The second-order valence-electron chi connectivity index (χ2n) is 4.58. The molecule has 0 aliphatic carbocycles. The molecular weight excluding hydrogens is 218 g/mol. The van der Waals surface area contributed by atoms with Gasteiger partial charge in [-0.25, -0.2) is 0 Å². The number of nitrogens with two attached hydrogens (primary N) is 1. The van der Waals surface area contributed by atoms with E-state index in [1.807, 2.05) is 13.8 Å². The summed E-state index contributed by atoms with van der Waals surface area (Å²) in [6.07, 6.45) is 2.96. The topological polar surface area (TPSA) is 75.4 Å². The van der Waals surface area contributed by atoms with Crippen molar-refractivity contribution in [2.24, 2.45) is 5.73 Å². The first-order chi connectivity index (χ1) is 8.08. The molecule has 2 amide bonds. The highest BCUT2D eigenvalue weighted by Crippen LogP contribution is 2.10. The van der Waals surface area contributed by atoms with Crippen molar-refractivity contribution in [3.63, 3.8) is 0 Å². The van der Waals surface area contributed by atoms with E-state index in [4.69, 9.17) is 5.73 Å². The number of amides is 2. The minimum atomic E-state index is -0.420. The normalized spacial score (nSPS) is 21.4. The molecule has 0 aromatic heterocycles. The van der Waals surface area contributed by atoms with Gasteiger partial charge in [0.15, 0.2) is 0 Å². The average Bonchev–Trinajstić information content (AvgIpc) is 2.76. The van der Waals surface area contributed by atoms with E-state index in [0.29, 0.717) is 19.4 Å². The van der Waals surface area contributed by atoms with Crippen molar-refractivity contribution in [2.75, 3.05) is 13.1 Å². The SMILES string of the molecule is CCCC(N)C(=O)NC1CCN(C(=O)CC)C1. The Morgan fingerprint density at radius 1 is 1.47 bits per heavy atom. The Labute approximate surface area is 103 Å². The van der Waals surface area contributed by atoms with E-state index in [1.54, 1.807) is 4.90 Å². The Kier molecular flexibility index (Phi) is 5.41. The molecule has 0 aromatic rings. The van der Waals surface area contributed by atoms with Gasteiger partial charge < -0.3 is 16.0 Å². The van der Waals surface area contributed by atoms with Crippen LogP contribution >= 0.6 is 0 Å². The van der Waals surface area contributed by atoms with Gasteiger partial charge in [0, 0.05) is 25.6 Å². The molecule has 1 saturated heterocycles. The third-order valence-corrected chi connectivity index (χ3v) is 3.13. The minimum Gasteiger partial charge on any atom is -0.350 e. The Morgan fingerprint density at radius 2 is 2.18 bits per heavy atom. The van der Waals surface area contributed by atoms with E-state index >= 15 is 0 Å². The molecule has 17 heavy (non-hydrogen) atoms. The fourth-order valence-corrected chi connectivity index (χ4v) is 2.08. The maximum Gasteiger partial charge on any atom is 0.237 e. The zero-order valence-corrected chi connectivity index (χ0v) is 10.7. The van der Waals surface area contributed by atoms with E-state index in [9.17, 15) is 9.59 Å². The van der Waals surface area contributed by atoms with Gasteiger partial charge in [0.05, 0.1) is 6.04 Å². The molecule has 0 bridgehead atoms. The van der Waals surface area contributed by atoms with Crippen molar-refractivity contribution in [2.45, 2.75) is 51.6 Å². The van der Waals surface area contributed by atoms with Crippen molar-refractivity contribution >= 4 is 11.8 Å². The Morgan fingerprint density at radius 3 is 2.76 bits per heavy atom. The van der Waals surface area contributed by atoms with E-state index in [1.165, 1.54) is 0 Å². The van der Waals surface area contributed by atoms with Gasteiger partial charge in [-0.05, 0) is 12.8 Å². The van der Waals surface area contributed by atoms with Crippen LogP contribution in [0.1, 0.15) is 39.5 Å². The molecule has 0 aromatic carbocycles. The van der Waals surface area contributed by atoms with Crippen LogP contribution in [-0.2, 0) is 9.59 Å². The first kappa shape index (κ1) is 14.0. The number of nitrogens with one attached hydrogen (secondary N) is 1. The summed E-state index contributed by atoms with van der Waals surface area (Å²) in [4.78, 5) is 25.0. The smallest absolute Gasteiger partial charge is 0.237 e. The van der Waals surface area contributed by atoms with E-state index < -0.39 is 6.04 Å². The summed E-state index contributed by atoms with van der Waals surface area (Å²) in [5.41, 5.74) is 5.73. The summed E-state index contributed by atoms with van der Waals surface area (Å²) in [6, 6.07) is -0.350. The first-order valence-electron chi connectivity index (χ1n) is 6.42. The molecule has 1 aliphatic rings. The van der Waals surface area contributed by atoms with Gasteiger partial charge in [0.25, 0.3) is 0 Å². The van der Waals surface area contributed by atoms with E-state index in [0.717, 1.165) is 19.4 Å². The molecule has 0 saturated carbocycles. The first-order valence-corrected chi connectivity index (χ1v) is 6.42. The Hall–Kier alpha value is -1.10. The fraction of sp³-hybridized carbons (Fsp3) is 0.833. The Bertz CT molecular complexity index is 281.